The van der Waals surface area contributed by atoms with Gasteiger partial charge in [0.1, 0.15) is 22.7 Å². The summed E-state index contributed by atoms with van der Waals surface area (Å²) in [7, 11) is 0. The van der Waals surface area contributed by atoms with Gasteiger partial charge in [-0.1, -0.05) is 29.0 Å². The van der Waals surface area contributed by atoms with Gasteiger partial charge in [-0.2, -0.15) is 13.2 Å². The minimum absolute atomic E-state index is 0.0350. The summed E-state index contributed by atoms with van der Waals surface area (Å²) in [6, 6.07) is -0.936. The molecular weight excluding hydrogens is 459 g/mol. The van der Waals surface area contributed by atoms with Gasteiger partial charge in [0, 0.05) is 18.3 Å². The fourth-order valence-corrected chi connectivity index (χ4v) is 3.54. The normalized spacial score (nSPS) is 17.3. The molecule has 3 N–H and O–H groups in total. The molecule has 1 aromatic heterocycles. The number of benzene rings is 1. The number of urea groups is 1. The Morgan fingerprint density at radius 3 is 2.77 bits per heavy atom. The summed E-state index contributed by atoms with van der Waals surface area (Å²) in [5.74, 6) is -2.92. The molecule has 3 amide bonds. The van der Waals surface area contributed by atoms with Crippen LogP contribution in [0.15, 0.2) is 18.3 Å². The highest BCUT2D eigenvalue weighted by Crippen LogP contribution is 2.35. The van der Waals surface area contributed by atoms with Crippen molar-refractivity contribution in [2.45, 2.75) is 18.3 Å². The van der Waals surface area contributed by atoms with Crippen molar-refractivity contribution in [3.63, 3.8) is 0 Å². The van der Waals surface area contributed by atoms with E-state index < -0.39 is 53.5 Å². The van der Waals surface area contributed by atoms with Crippen LogP contribution in [0.25, 0.3) is 0 Å². The van der Waals surface area contributed by atoms with Gasteiger partial charge in [0.2, 0.25) is 5.91 Å². The van der Waals surface area contributed by atoms with E-state index in [1.165, 1.54) is 0 Å². The highest BCUT2D eigenvalue weighted by molar-refractivity contribution is 7.13. The highest BCUT2D eigenvalue weighted by atomic mass is 35.5. The maximum Gasteiger partial charge on any atom is 0.422 e. The quantitative estimate of drug-likeness (QED) is 0.447. The summed E-state index contributed by atoms with van der Waals surface area (Å²) in [5.41, 5.74) is -0.252. The Bertz CT molecular complexity index is 971. The number of ether oxygens (including phenoxy) is 1. The van der Waals surface area contributed by atoms with Crippen LogP contribution in [-0.4, -0.2) is 42.3 Å². The molecular formula is C16H12ClF5N4O3S. The first-order chi connectivity index (χ1) is 14.0. The number of halogens is 6. The van der Waals surface area contributed by atoms with Crippen molar-refractivity contribution in [3.8, 4) is 5.19 Å². The zero-order valence-electron chi connectivity index (χ0n) is 14.6. The van der Waals surface area contributed by atoms with Crippen LogP contribution in [0.5, 0.6) is 5.19 Å². The number of carbonyl (C=O) groups excluding carboxylic acids is 2. The number of hydrogen-bond donors (Lipinski definition) is 3. The molecule has 2 atom stereocenters. The zero-order valence-corrected chi connectivity index (χ0v) is 16.2. The van der Waals surface area contributed by atoms with Crippen LogP contribution in [-0.2, 0) is 4.79 Å². The molecule has 14 heteroatoms. The first-order valence-electron chi connectivity index (χ1n) is 8.18. The van der Waals surface area contributed by atoms with E-state index in [9.17, 15) is 31.5 Å². The summed E-state index contributed by atoms with van der Waals surface area (Å²) in [6.45, 7) is -1.62. The maximum atomic E-state index is 14.6. The molecule has 0 saturated carbocycles. The number of nitrogens with one attached hydrogen (secondary N) is 3. The fourth-order valence-electron chi connectivity index (χ4n) is 2.54. The zero-order chi connectivity index (χ0) is 22.1. The monoisotopic (exact) mass is 470 g/mol. The Kier molecular flexibility index (Phi) is 6.31. The van der Waals surface area contributed by atoms with Gasteiger partial charge in [0.05, 0.1) is 10.9 Å². The number of alkyl halides is 3. The molecule has 0 radical (unpaired) electrons. The molecule has 1 saturated heterocycles. The van der Waals surface area contributed by atoms with Crippen molar-refractivity contribution in [2.75, 3.05) is 13.2 Å². The second-order valence-electron chi connectivity index (χ2n) is 6.05. The molecule has 7 nitrogen and oxygen atoms in total. The minimum Gasteiger partial charge on any atom is -0.460 e. The van der Waals surface area contributed by atoms with E-state index in [1.807, 2.05) is 0 Å². The molecule has 1 aliphatic rings. The maximum absolute atomic E-state index is 14.6. The number of amides is 3. The minimum atomic E-state index is -4.59. The highest BCUT2D eigenvalue weighted by Gasteiger charge is 2.32. The standard InChI is InChI=1S/C16H12ClF5N4O3S/c17-10-7(18)2-1-6(11(10)19)12(26-13(27)8-3-23-14(28)25-8)9-4-24-15(30-9)29-5-16(20,21)22/h1-2,4,8,12H,3,5H2,(H,26,27)(H2,23,25,28)/t8-,12+/m0/s1. The van der Waals surface area contributed by atoms with E-state index in [-0.39, 0.29) is 22.2 Å². The van der Waals surface area contributed by atoms with Crippen molar-refractivity contribution >= 4 is 34.9 Å². The Balaban J connectivity index is 1.90. The lowest BCUT2D eigenvalue weighted by atomic mass is 10.0. The van der Waals surface area contributed by atoms with Crippen molar-refractivity contribution in [1.29, 1.82) is 0 Å². The summed E-state index contributed by atoms with van der Waals surface area (Å²) >= 11 is 6.24. The lowest BCUT2D eigenvalue weighted by molar-refractivity contribution is -0.153. The average molecular weight is 471 g/mol. The molecule has 0 spiro atoms. The second-order valence-corrected chi connectivity index (χ2v) is 7.45. The van der Waals surface area contributed by atoms with Crippen molar-refractivity contribution < 1.29 is 36.3 Å². The number of nitrogens with zero attached hydrogens (tertiary/aromatic N) is 1. The summed E-state index contributed by atoms with van der Waals surface area (Å²) in [4.78, 5) is 27.5. The summed E-state index contributed by atoms with van der Waals surface area (Å²) in [5, 5.41) is 5.98. The van der Waals surface area contributed by atoms with Crippen molar-refractivity contribution in [1.82, 2.24) is 20.9 Å². The van der Waals surface area contributed by atoms with Gasteiger partial charge >= 0.3 is 12.2 Å². The van der Waals surface area contributed by atoms with Crippen molar-refractivity contribution in [2.24, 2.45) is 0 Å². The summed E-state index contributed by atoms with van der Waals surface area (Å²) in [6.07, 6.45) is -3.51. The molecule has 0 aliphatic carbocycles. The van der Waals surface area contributed by atoms with E-state index in [1.54, 1.807) is 0 Å². The van der Waals surface area contributed by atoms with Crippen LogP contribution in [0.4, 0.5) is 26.7 Å². The summed E-state index contributed by atoms with van der Waals surface area (Å²) < 4.78 is 69.7. The van der Waals surface area contributed by atoms with Gasteiger partial charge in [0.25, 0.3) is 5.19 Å². The Labute approximate surface area is 174 Å². The van der Waals surface area contributed by atoms with Gasteiger partial charge in [-0.05, 0) is 6.07 Å². The lowest BCUT2D eigenvalue weighted by Gasteiger charge is -2.20. The van der Waals surface area contributed by atoms with Crippen molar-refractivity contribution in [3.05, 3.63) is 45.4 Å². The molecule has 0 bridgehead atoms. The smallest absolute Gasteiger partial charge is 0.422 e. The van der Waals surface area contributed by atoms with E-state index in [4.69, 9.17) is 11.6 Å². The number of thiazole rings is 1. The van der Waals surface area contributed by atoms with Gasteiger partial charge in [-0.3, -0.25) is 4.79 Å². The first-order valence-corrected chi connectivity index (χ1v) is 9.38. The van der Waals surface area contributed by atoms with Crippen LogP contribution >= 0.6 is 22.9 Å². The topological polar surface area (TPSA) is 92.4 Å². The van der Waals surface area contributed by atoms with Crippen LogP contribution < -0.4 is 20.7 Å². The van der Waals surface area contributed by atoms with Crippen LogP contribution in [0.1, 0.15) is 16.5 Å². The van der Waals surface area contributed by atoms with Crippen LogP contribution in [0.3, 0.4) is 0 Å². The Morgan fingerprint density at radius 2 is 2.13 bits per heavy atom. The molecule has 1 aliphatic heterocycles. The van der Waals surface area contributed by atoms with E-state index in [0.29, 0.717) is 11.3 Å². The average Bonchev–Trinajstić information content (AvgIpc) is 3.31. The fraction of sp³-hybridized carbons (Fsp3) is 0.312. The third-order valence-corrected chi connectivity index (χ3v) is 5.22. The lowest BCUT2D eigenvalue weighted by Crippen LogP contribution is -2.44. The van der Waals surface area contributed by atoms with E-state index >= 15 is 0 Å². The van der Waals surface area contributed by atoms with E-state index in [0.717, 1.165) is 18.3 Å². The number of hydrogen-bond acceptors (Lipinski definition) is 5. The first kappa shape index (κ1) is 22.0. The Hall–Kier alpha value is -2.67. The Morgan fingerprint density at radius 1 is 1.40 bits per heavy atom. The number of aromatic nitrogens is 1. The second kappa shape index (κ2) is 8.60. The van der Waals surface area contributed by atoms with Gasteiger partial charge in [-0.25, -0.2) is 18.6 Å². The molecule has 162 valence electrons. The largest absolute Gasteiger partial charge is 0.460 e. The predicted octanol–water partition coefficient (Wildman–Crippen LogP) is 2.90. The molecule has 30 heavy (non-hydrogen) atoms. The predicted molar refractivity (Wildman–Crippen MR) is 95.3 cm³/mol. The third kappa shape index (κ3) is 5.08. The van der Waals surface area contributed by atoms with E-state index in [2.05, 4.69) is 25.7 Å². The molecule has 1 fully saturated rings. The van der Waals surface area contributed by atoms with Gasteiger partial charge in [-0.15, -0.1) is 0 Å². The molecule has 3 rings (SSSR count). The van der Waals surface area contributed by atoms with Gasteiger partial charge < -0.3 is 20.7 Å². The van der Waals surface area contributed by atoms with Gasteiger partial charge in [0.15, 0.2) is 6.61 Å². The molecule has 2 aromatic rings. The number of rotatable bonds is 6. The molecule has 2 heterocycles. The SMILES string of the molecule is O=C1NC[C@@H](C(=O)N[C@@H](c2cnc(OCC(F)(F)F)s2)c2ccc(F)c(Cl)c2F)N1. The molecule has 0 unspecified atom stereocenters. The number of carbonyl (C=O) groups is 2. The van der Waals surface area contributed by atoms with Crippen LogP contribution in [0, 0.1) is 11.6 Å². The van der Waals surface area contributed by atoms with Crippen LogP contribution in [0.2, 0.25) is 5.02 Å². The third-order valence-electron chi connectivity index (χ3n) is 3.90. The molecule has 1 aromatic carbocycles.